The maximum absolute atomic E-state index is 6.43. The van der Waals surface area contributed by atoms with Gasteiger partial charge in [0.1, 0.15) is 11.9 Å². The lowest BCUT2D eigenvalue weighted by molar-refractivity contribution is 0.0400. The van der Waals surface area contributed by atoms with E-state index in [0.717, 1.165) is 54.3 Å². The molecule has 0 radical (unpaired) electrons. The van der Waals surface area contributed by atoms with Gasteiger partial charge in [-0.05, 0) is 37.5 Å². The molecule has 2 heterocycles. The Morgan fingerprint density at radius 2 is 1.89 bits per heavy atom. The molecule has 1 aliphatic rings. The SMILES string of the molecule is CCCOC1COCC1Nc1nc(CC)c(-c2ccc(Cl)cc2Cl)nc1CC. The average molecular weight is 424 g/mol. The van der Waals surface area contributed by atoms with Crippen molar-refractivity contribution in [3.05, 3.63) is 39.6 Å². The van der Waals surface area contributed by atoms with Crippen molar-refractivity contribution >= 4 is 29.0 Å². The van der Waals surface area contributed by atoms with Crippen molar-refractivity contribution in [2.75, 3.05) is 25.1 Å². The summed E-state index contributed by atoms with van der Waals surface area (Å²) in [5.74, 6) is 0.800. The molecule has 0 bridgehead atoms. The summed E-state index contributed by atoms with van der Waals surface area (Å²) < 4.78 is 11.5. The van der Waals surface area contributed by atoms with Gasteiger partial charge in [-0.3, -0.25) is 0 Å². The lowest BCUT2D eigenvalue weighted by atomic mass is 10.1. The van der Waals surface area contributed by atoms with E-state index in [2.05, 4.69) is 26.1 Å². The molecule has 1 aliphatic heterocycles. The van der Waals surface area contributed by atoms with Crippen molar-refractivity contribution in [3.63, 3.8) is 0 Å². The lowest BCUT2D eigenvalue weighted by Crippen LogP contribution is -2.35. The van der Waals surface area contributed by atoms with E-state index in [1.54, 1.807) is 6.07 Å². The number of anilines is 1. The Hall–Kier alpha value is -1.40. The fourth-order valence-electron chi connectivity index (χ4n) is 3.29. The normalized spacial score (nSPS) is 19.2. The van der Waals surface area contributed by atoms with Crippen LogP contribution in [0.5, 0.6) is 0 Å². The van der Waals surface area contributed by atoms with Crippen LogP contribution >= 0.6 is 23.2 Å². The standard InChI is InChI=1S/C21H27Cl2N3O2/c1-4-9-28-19-12-27-11-18(19)26-21-17(6-3)24-20(16(5-2)25-21)14-8-7-13(22)10-15(14)23/h7-8,10,18-19H,4-6,9,11-12H2,1-3H3,(H,25,26). The van der Waals surface area contributed by atoms with E-state index in [-0.39, 0.29) is 12.1 Å². The molecular weight excluding hydrogens is 397 g/mol. The molecule has 0 spiro atoms. The fourth-order valence-corrected chi connectivity index (χ4v) is 3.79. The summed E-state index contributed by atoms with van der Waals surface area (Å²) >= 11 is 12.5. The summed E-state index contributed by atoms with van der Waals surface area (Å²) in [6, 6.07) is 5.54. The third-order valence-electron chi connectivity index (χ3n) is 4.78. The number of hydrogen-bond acceptors (Lipinski definition) is 5. The number of benzene rings is 1. The van der Waals surface area contributed by atoms with Crippen LogP contribution in [0.3, 0.4) is 0 Å². The zero-order valence-corrected chi connectivity index (χ0v) is 18.1. The van der Waals surface area contributed by atoms with Gasteiger partial charge in [0.25, 0.3) is 0 Å². The Bertz CT molecular complexity index is 816. The van der Waals surface area contributed by atoms with Crippen molar-refractivity contribution in [1.29, 1.82) is 0 Å². The van der Waals surface area contributed by atoms with Gasteiger partial charge in [0, 0.05) is 17.2 Å². The van der Waals surface area contributed by atoms with Crippen LogP contribution in [0.25, 0.3) is 11.3 Å². The molecule has 1 fully saturated rings. The monoisotopic (exact) mass is 423 g/mol. The van der Waals surface area contributed by atoms with E-state index in [1.807, 2.05) is 12.1 Å². The first-order chi connectivity index (χ1) is 13.6. The molecular formula is C21H27Cl2N3O2. The number of aromatic nitrogens is 2. The highest BCUT2D eigenvalue weighted by Crippen LogP contribution is 2.32. The molecule has 1 aromatic heterocycles. The minimum Gasteiger partial charge on any atom is -0.376 e. The quantitative estimate of drug-likeness (QED) is 0.633. The van der Waals surface area contributed by atoms with Gasteiger partial charge >= 0.3 is 0 Å². The van der Waals surface area contributed by atoms with Crippen molar-refractivity contribution < 1.29 is 9.47 Å². The Balaban J connectivity index is 1.93. The van der Waals surface area contributed by atoms with Gasteiger partial charge in [0.05, 0.1) is 41.4 Å². The van der Waals surface area contributed by atoms with Crippen LogP contribution in [0, 0.1) is 0 Å². The first kappa shape index (κ1) is 21.3. The molecule has 2 aromatic rings. The molecule has 3 rings (SSSR count). The van der Waals surface area contributed by atoms with Crippen LogP contribution in [0.2, 0.25) is 10.0 Å². The second kappa shape index (κ2) is 9.88. The second-order valence-corrected chi connectivity index (χ2v) is 7.69. The molecule has 28 heavy (non-hydrogen) atoms. The molecule has 1 aromatic carbocycles. The number of hydrogen-bond donors (Lipinski definition) is 1. The second-order valence-electron chi connectivity index (χ2n) is 6.84. The van der Waals surface area contributed by atoms with Gasteiger partial charge < -0.3 is 14.8 Å². The van der Waals surface area contributed by atoms with Gasteiger partial charge in [0.2, 0.25) is 0 Å². The number of halogens is 2. The first-order valence-electron chi connectivity index (χ1n) is 9.88. The predicted molar refractivity (Wildman–Crippen MR) is 115 cm³/mol. The molecule has 7 heteroatoms. The predicted octanol–water partition coefficient (Wildman–Crippen LogP) is 5.18. The number of rotatable bonds is 8. The maximum atomic E-state index is 6.43. The van der Waals surface area contributed by atoms with E-state index in [4.69, 9.17) is 42.6 Å². The molecule has 1 N–H and O–H groups in total. The number of aryl methyl sites for hydroxylation is 2. The Kier molecular flexibility index (Phi) is 7.52. The van der Waals surface area contributed by atoms with E-state index in [0.29, 0.717) is 23.3 Å². The molecule has 0 saturated carbocycles. The zero-order chi connectivity index (χ0) is 20.1. The highest BCUT2D eigenvalue weighted by molar-refractivity contribution is 6.36. The van der Waals surface area contributed by atoms with Crippen LogP contribution in [0.15, 0.2) is 18.2 Å². The molecule has 0 amide bonds. The van der Waals surface area contributed by atoms with Crippen molar-refractivity contribution in [2.24, 2.45) is 0 Å². The maximum Gasteiger partial charge on any atom is 0.148 e. The van der Waals surface area contributed by atoms with Crippen LogP contribution in [-0.4, -0.2) is 41.9 Å². The van der Waals surface area contributed by atoms with Gasteiger partial charge in [-0.25, -0.2) is 9.97 Å². The first-order valence-corrected chi connectivity index (χ1v) is 10.6. The summed E-state index contributed by atoms with van der Waals surface area (Å²) in [5.41, 5.74) is 3.46. The van der Waals surface area contributed by atoms with Crippen molar-refractivity contribution in [1.82, 2.24) is 9.97 Å². The van der Waals surface area contributed by atoms with Crippen LogP contribution in [0.1, 0.15) is 38.6 Å². The molecule has 2 unspecified atom stereocenters. The van der Waals surface area contributed by atoms with E-state index < -0.39 is 0 Å². The fraction of sp³-hybridized carbons (Fsp3) is 0.524. The Morgan fingerprint density at radius 1 is 1.11 bits per heavy atom. The third kappa shape index (κ3) is 4.77. The molecule has 5 nitrogen and oxygen atoms in total. The third-order valence-corrected chi connectivity index (χ3v) is 5.33. The van der Waals surface area contributed by atoms with Crippen LogP contribution in [0.4, 0.5) is 5.82 Å². The van der Waals surface area contributed by atoms with Crippen LogP contribution in [-0.2, 0) is 22.3 Å². The molecule has 1 saturated heterocycles. The number of nitrogens with zero attached hydrogens (tertiary/aromatic N) is 2. The minimum absolute atomic E-state index is 0.0296. The largest absolute Gasteiger partial charge is 0.376 e. The number of ether oxygens (including phenoxy) is 2. The molecule has 2 atom stereocenters. The molecule has 0 aliphatic carbocycles. The smallest absolute Gasteiger partial charge is 0.148 e. The van der Waals surface area contributed by atoms with Crippen molar-refractivity contribution in [2.45, 2.75) is 52.2 Å². The summed E-state index contributed by atoms with van der Waals surface area (Å²) in [4.78, 5) is 9.82. The number of nitrogens with one attached hydrogen (secondary N) is 1. The Morgan fingerprint density at radius 3 is 2.57 bits per heavy atom. The summed E-state index contributed by atoms with van der Waals surface area (Å²) in [5, 5.41) is 4.70. The summed E-state index contributed by atoms with van der Waals surface area (Å²) in [6.07, 6.45) is 2.52. The van der Waals surface area contributed by atoms with Gasteiger partial charge in [-0.15, -0.1) is 0 Å². The topological polar surface area (TPSA) is 56.3 Å². The van der Waals surface area contributed by atoms with Crippen LogP contribution < -0.4 is 5.32 Å². The van der Waals surface area contributed by atoms with E-state index in [1.165, 1.54) is 0 Å². The highest BCUT2D eigenvalue weighted by atomic mass is 35.5. The van der Waals surface area contributed by atoms with E-state index >= 15 is 0 Å². The zero-order valence-electron chi connectivity index (χ0n) is 16.6. The minimum atomic E-state index is 0.0296. The molecule has 152 valence electrons. The van der Waals surface area contributed by atoms with Crippen molar-refractivity contribution in [3.8, 4) is 11.3 Å². The van der Waals surface area contributed by atoms with Gasteiger partial charge in [-0.2, -0.15) is 0 Å². The Labute approximate surface area is 176 Å². The summed E-state index contributed by atoms with van der Waals surface area (Å²) in [6.45, 7) is 8.18. The van der Waals surface area contributed by atoms with Gasteiger partial charge in [-0.1, -0.05) is 44.0 Å². The lowest BCUT2D eigenvalue weighted by Gasteiger charge is -2.22. The van der Waals surface area contributed by atoms with Gasteiger partial charge in [0.15, 0.2) is 0 Å². The highest BCUT2D eigenvalue weighted by Gasteiger charge is 2.30. The summed E-state index contributed by atoms with van der Waals surface area (Å²) in [7, 11) is 0. The average Bonchev–Trinajstić information content (AvgIpc) is 3.13. The van der Waals surface area contributed by atoms with E-state index in [9.17, 15) is 0 Å².